The van der Waals surface area contributed by atoms with E-state index in [1.165, 1.54) is 5.56 Å². The number of hydrogen-bond acceptors (Lipinski definition) is 3. The van der Waals surface area contributed by atoms with Gasteiger partial charge in [-0.05, 0) is 56.7 Å². The van der Waals surface area contributed by atoms with Gasteiger partial charge in [0.2, 0.25) is 0 Å². The average Bonchev–Trinajstić information content (AvgIpc) is 3.01. The molecule has 1 atom stereocenters. The number of nitrogens with one attached hydrogen (secondary N) is 1. The van der Waals surface area contributed by atoms with Crippen molar-refractivity contribution >= 4 is 35.5 Å². The van der Waals surface area contributed by atoms with E-state index < -0.39 is 0 Å². The van der Waals surface area contributed by atoms with Crippen LogP contribution in [0.1, 0.15) is 29.4 Å². The Morgan fingerprint density at radius 1 is 1.17 bits per heavy atom. The Morgan fingerprint density at radius 2 is 1.86 bits per heavy atom. The smallest absolute Gasteiger partial charge is 0.252 e. The van der Waals surface area contributed by atoms with Crippen molar-refractivity contribution < 1.29 is 4.79 Å². The van der Waals surface area contributed by atoms with E-state index in [1.807, 2.05) is 69.3 Å². The number of hydrazone groups is 1. The Kier molecular flexibility index (Phi) is 7.18. The fourth-order valence-corrected chi connectivity index (χ4v) is 4.00. The molecule has 6 heteroatoms. The number of thioether (sulfide) groups is 1. The van der Waals surface area contributed by atoms with Crippen molar-refractivity contribution in [2.75, 3.05) is 0 Å². The molecule has 3 aromatic rings. The Bertz CT molecular complexity index is 997. The second-order valence-electron chi connectivity index (χ2n) is 6.81. The van der Waals surface area contributed by atoms with Crippen LogP contribution < -0.4 is 5.43 Å². The van der Waals surface area contributed by atoms with Crippen molar-refractivity contribution in [2.45, 2.75) is 31.8 Å². The molecule has 150 valence electrons. The molecular weight excluding hydrogens is 402 g/mol. The number of benzene rings is 2. The van der Waals surface area contributed by atoms with Gasteiger partial charge in [0.05, 0.1) is 11.5 Å². The van der Waals surface area contributed by atoms with Gasteiger partial charge in [0, 0.05) is 33.4 Å². The van der Waals surface area contributed by atoms with E-state index in [0.717, 1.165) is 28.4 Å². The molecule has 2 aromatic carbocycles. The van der Waals surface area contributed by atoms with Crippen LogP contribution in [0.5, 0.6) is 0 Å². The zero-order valence-corrected chi connectivity index (χ0v) is 18.3. The SMILES string of the molecule is Cc1cc(/C=N\NC(=O)[C@@H](C)SCc2ccccc2)c(C)n1-c1ccc(Cl)cc1. The molecule has 0 aliphatic rings. The molecule has 0 spiro atoms. The van der Waals surface area contributed by atoms with Crippen molar-refractivity contribution in [2.24, 2.45) is 5.10 Å². The number of halogens is 1. The van der Waals surface area contributed by atoms with Gasteiger partial charge in [0.15, 0.2) is 0 Å². The van der Waals surface area contributed by atoms with Gasteiger partial charge in [0.1, 0.15) is 0 Å². The third kappa shape index (κ3) is 5.52. The molecule has 0 radical (unpaired) electrons. The predicted molar refractivity (Wildman–Crippen MR) is 123 cm³/mol. The lowest BCUT2D eigenvalue weighted by atomic mass is 10.2. The number of aromatic nitrogens is 1. The Morgan fingerprint density at radius 3 is 2.55 bits per heavy atom. The van der Waals surface area contributed by atoms with Crippen LogP contribution in [0.25, 0.3) is 5.69 Å². The molecule has 1 N–H and O–H groups in total. The summed E-state index contributed by atoms with van der Waals surface area (Å²) in [6, 6.07) is 19.9. The first-order valence-electron chi connectivity index (χ1n) is 9.39. The summed E-state index contributed by atoms with van der Waals surface area (Å²) in [5, 5.41) is 4.69. The number of hydrogen-bond donors (Lipinski definition) is 1. The third-order valence-corrected chi connectivity index (χ3v) is 6.11. The topological polar surface area (TPSA) is 46.4 Å². The molecule has 3 rings (SSSR count). The van der Waals surface area contributed by atoms with E-state index >= 15 is 0 Å². The van der Waals surface area contributed by atoms with Crippen LogP contribution in [0.2, 0.25) is 5.02 Å². The van der Waals surface area contributed by atoms with Gasteiger partial charge >= 0.3 is 0 Å². The van der Waals surface area contributed by atoms with Crippen LogP contribution in [0.3, 0.4) is 0 Å². The molecular formula is C23H24ClN3OS. The first-order chi connectivity index (χ1) is 14.0. The molecule has 29 heavy (non-hydrogen) atoms. The van der Waals surface area contributed by atoms with Gasteiger partial charge in [-0.3, -0.25) is 4.79 Å². The Labute approximate surface area is 181 Å². The van der Waals surface area contributed by atoms with E-state index in [4.69, 9.17) is 11.6 Å². The van der Waals surface area contributed by atoms with Gasteiger partial charge < -0.3 is 4.57 Å². The van der Waals surface area contributed by atoms with Crippen LogP contribution in [-0.4, -0.2) is 21.9 Å². The lowest BCUT2D eigenvalue weighted by Crippen LogP contribution is -2.27. The first-order valence-corrected chi connectivity index (χ1v) is 10.8. The van der Waals surface area contributed by atoms with Crippen molar-refractivity contribution in [3.63, 3.8) is 0 Å². The quantitative estimate of drug-likeness (QED) is 0.400. The third-order valence-electron chi connectivity index (χ3n) is 4.65. The normalized spacial score (nSPS) is 12.3. The fourth-order valence-electron chi connectivity index (χ4n) is 3.03. The summed E-state index contributed by atoms with van der Waals surface area (Å²) in [7, 11) is 0. The predicted octanol–water partition coefficient (Wildman–Crippen LogP) is 5.52. The van der Waals surface area contributed by atoms with Gasteiger partial charge in [-0.25, -0.2) is 5.43 Å². The fraction of sp³-hybridized carbons (Fsp3) is 0.217. The minimum absolute atomic E-state index is 0.103. The maximum Gasteiger partial charge on any atom is 0.252 e. The molecule has 0 saturated heterocycles. The summed E-state index contributed by atoms with van der Waals surface area (Å²) in [4.78, 5) is 12.3. The standard InChI is InChI=1S/C23H24ClN3OS/c1-16-13-20(17(2)27(16)22-11-9-21(24)10-12-22)14-25-26-23(28)18(3)29-15-19-7-5-4-6-8-19/h4-14,18H,15H2,1-3H3,(H,26,28)/b25-14-/t18-/m1/s1. The van der Waals surface area contributed by atoms with E-state index in [-0.39, 0.29) is 11.2 Å². The van der Waals surface area contributed by atoms with Gasteiger partial charge in [-0.15, -0.1) is 11.8 Å². The summed E-state index contributed by atoms with van der Waals surface area (Å²) < 4.78 is 2.14. The summed E-state index contributed by atoms with van der Waals surface area (Å²) in [5.41, 5.74) is 8.00. The second-order valence-corrected chi connectivity index (χ2v) is 8.58. The lowest BCUT2D eigenvalue weighted by molar-refractivity contribution is -0.120. The highest BCUT2D eigenvalue weighted by atomic mass is 35.5. The van der Waals surface area contributed by atoms with Crippen molar-refractivity contribution in [3.05, 3.63) is 88.2 Å². The van der Waals surface area contributed by atoms with Gasteiger partial charge in [-0.1, -0.05) is 41.9 Å². The zero-order chi connectivity index (χ0) is 20.8. The number of carbonyl (C=O) groups excluding carboxylic acids is 1. The number of amides is 1. The van der Waals surface area contributed by atoms with E-state index in [0.29, 0.717) is 5.02 Å². The molecule has 0 aliphatic heterocycles. The molecule has 0 bridgehead atoms. The minimum atomic E-state index is -0.186. The van der Waals surface area contributed by atoms with E-state index in [2.05, 4.69) is 27.2 Å². The van der Waals surface area contributed by atoms with Crippen LogP contribution in [-0.2, 0) is 10.5 Å². The summed E-state index contributed by atoms with van der Waals surface area (Å²) >= 11 is 7.58. The number of carbonyl (C=O) groups is 1. The van der Waals surface area contributed by atoms with Crippen molar-refractivity contribution in [1.82, 2.24) is 9.99 Å². The zero-order valence-electron chi connectivity index (χ0n) is 16.7. The molecule has 1 aromatic heterocycles. The largest absolute Gasteiger partial charge is 0.318 e. The molecule has 0 fully saturated rings. The average molecular weight is 426 g/mol. The summed E-state index contributed by atoms with van der Waals surface area (Å²) in [6.07, 6.45) is 1.70. The monoisotopic (exact) mass is 425 g/mol. The highest BCUT2D eigenvalue weighted by Crippen LogP contribution is 2.21. The number of nitrogens with zero attached hydrogens (tertiary/aromatic N) is 2. The molecule has 4 nitrogen and oxygen atoms in total. The van der Waals surface area contributed by atoms with Crippen LogP contribution >= 0.6 is 23.4 Å². The van der Waals surface area contributed by atoms with Crippen LogP contribution in [0, 0.1) is 13.8 Å². The Balaban J connectivity index is 1.60. The van der Waals surface area contributed by atoms with Gasteiger partial charge in [0.25, 0.3) is 5.91 Å². The van der Waals surface area contributed by atoms with Crippen LogP contribution in [0.15, 0.2) is 65.8 Å². The maximum atomic E-state index is 12.3. The van der Waals surface area contributed by atoms with Gasteiger partial charge in [-0.2, -0.15) is 5.10 Å². The molecule has 0 saturated carbocycles. The van der Waals surface area contributed by atoms with E-state index in [1.54, 1.807) is 18.0 Å². The highest BCUT2D eigenvalue weighted by molar-refractivity contribution is 7.99. The van der Waals surface area contributed by atoms with Crippen molar-refractivity contribution in [1.29, 1.82) is 0 Å². The summed E-state index contributed by atoms with van der Waals surface area (Å²) in [5.74, 6) is 0.690. The minimum Gasteiger partial charge on any atom is -0.318 e. The lowest BCUT2D eigenvalue weighted by Gasteiger charge is -2.10. The molecule has 1 heterocycles. The number of aryl methyl sites for hydroxylation is 1. The summed E-state index contributed by atoms with van der Waals surface area (Å²) in [6.45, 7) is 5.97. The highest BCUT2D eigenvalue weighted by Gasteiger charge is 2.13. The first kappa shape index (κ1) is 21.2. The van der Waals surface area contributed by atoms with Crippen LogP contribution in [0.4, 0.5) is 0 Å². The second kappa shape index (κ2) is 9.81. The molecule has 0 aliphatic carbocycles. The molecule has 1 amide bonds. The van der Waals surface area contributed by atoms with E-state index in [9.17, 15) is 4.79 Å². The molecule has 0 unspecified atom stereocenters. The maximum absolute atomic E-state index is 12.3. The Hall–Kier alpha value is -2.50. The number of rotatable bonds is 7. The van der Waals surface area contributed by atoms with Crippen molar-refractivity contribution in [3.8, 4) is 5.69 Å².